The van der Waals surface area contributed by atoms with Crippen molar-refractivity contribution in [1.82, 2.24) is 9.78 Å². The van der Waals surface area contributed by atoms with E-state index in [4.69, 9.17) is 9.84 Å². The monoisotopic (exact) mass is 633 g/mol. The Hall–Kier alpha value is -5.52. The van der Waals surface area contributed by atoms with Gasteiger partial charge < -0.3 is 25.6 Å². The zero-order chi connectivity index (χ0) is 30.3. The summed E-state index contributed by atoms with van der Waals surface area (Å²) in [5.41, 5.74) is 4.12. The van der Waals surface area contributed by atoms with Gasteiger partial charge >= 0.3 is 0 Å². The van der Waals surface area contributed by atoms with Crippen LogP contribution in [0.2, 0.25) is 0 Å². The summed E-state index contributed by atoms with van der Waals surface area (Å²) in [5, 5.41) is 7.81. The van der Waals surface area contributed by atoms with E-state index in [-0.39, 0.29) is 29.1 Å². The first-order valence-corrected chi connectivity index (χ1v) is 14.7. The van der Waals surface area contributed by atoms with E-state index < -0.39 is 0 Å². The highest BCUT2D eigenvalue weighted by atomic mass is 32.2. The minimum Gasteiger partial charge on any atom is -0.456 e. The van der Waals surface area contributed by atoms with Gasteiger partial charge in [-0.1, -0.05) is 91.0 Å². The third-order valence-electron chi connectivity index (χ3n) is 6.94. The summed E-state index contributed by atoms with van der Waals surface area (Å²) >= 11 is 0.567. The highest BCUT2D eigenvalue weighted by Crippen LogP contribution is 2.35. The molecule has 6 N–H and O–H groups in total. The second-order valence-corrected chi connectivity index (χ2v) is 10.6. The lowest BCUT2D eigenvalue weighted by Crippen LogP contribution is -2.15. The molecule has 5 aromatic carbocycles. The Morgan fingerprint density at radius 2 is 1.35 bits per heavy atom. The van der Waals surface area contributed by atoms with Gasteiger partial charge in [0.2, 0.25) is 0 Å². The fraction of sp³-hybridized carbons (Fsp3) is 0.0278. The van der Waals surface area contributed by atoms with Crippen LogP contribution in [0.25, 0.3) is 16.9 Å². The van der Waals surface area contributed by atoms with Crippen molar-refractivity contribution in [1.29, 1.82) is 0 Å². The van der Waals surface area contributed by atoms with Gasteiger partial charge in [-0.05, 0) is 48.0 Å². The van der Waals surface area contributed by atoms with E-state index in [9.17, 15) is 14.1 Å². The minimum atomic E-state index is -0.283. The Morgan fingerprint density at radius 1 is 0.739 bits per heavy atom. The van der Waals surface area contributed by atoms with Crippen LogP contribution >= 0.6 is 12.0 Å². The number of para-hydroxylation sites is 1. The molecular formula is C36H31N3O6S. The van der Waals surface area contributed by atoms with E-state index in [0.717, 1.165) is 11.1 Å². The molecule has 0 unspecified atom stereocenters. The summed E-state index contributed by atoms with van der Waals surface area (Å²) in [6, 6.07) is 42.2. The molecule has 0 atom stereocenters. The summed E-state index contributed by atoms with van der Waals surface area (Å²) in [7, 11) is 0. The third-order valence-corrected chi connectivity index (χ3v) is 7.45. The van der Waals surface area contributed by atoms with Crippen molar-refractivity contribution >= 4 is 29.6 Å². The molecular weight excluding hydrogens is 602 g/mol. The number of nitrogens with zero attached hydrogens (tertiary/aromatic N) is 2. The van der Waals surface area contributed by atoms with Crippen molar-refractivity contribution in [2.75, 3.05) is 5.32 Å². The number of benzene rings is 5. The van der Waals surface area contributed by atoms with Crippen molar-refractivity contribution in [2.45, 2.75) is 11.3 Å². The van der Waals surface area contributed by atoms with Crippen LogP contribution in [-0.4, -0.2) is 37.0 Å². The van der Waals surface area contributed by atoms with Crippen molar-refractivity contribution in [3.63, 3.8) is 0 Å². The van der Waals surface area contributed by atoms with Crippen LogP contribution in [0.15, 0.2) is 144 Å². The fourth-order valence-electron chi connectivity index (χ4n) is 4.69. The van der Waals surface area contributed by atoms with Crippen LogP contribution < -0.4 is 10.1 Å². The van der Waals surface area contributed by atoms with Crippen molar-refractivity contribution < 1.29 is 29.8 Å². The topological polar surface area (TPSA) is 156 Å². The molecule has 0 aliphatic heterocycles. The maximum atomic E-state index is 13.1. The summed E-state index contributed by atoms with van der Waals surface area (Å²) in [6.45, 7) is 0. The van der Waals surface area contributed by atoms with Crippen LogP contribution in [0.3, 0.4) is 0 Å². The first-order valence-electron chi connectivity index (χ1n) is 13.9. The summed E-state index contributed by atoms with van der Waals surface area (Å²) in [5.74, 6) is 1.33. The predicted octanol–water partition coefficient (Wildman–Crippen LogP) is 6.93. The minimum absolute atomic E-state index is 0. The van der Waals surface area contributed by atoms with Crippen molar-refractivity contribution in [3.05, 3.63) is 156 Å². The highest BCUT2D eigenvalue weighted by Gasteiger charge is 2.17. The van der Waals surface area contributed by atoms with E-state index in [0.29, 0.717) is 56.8 Å². The number of hydrogen-bond acceptors (Lipinski definition) is 6. The number of nitrogens with one attached hydrogen (secondary N) is 1. The third kappa shape index (κ3) is 7.76. The number of Topliss-reactive ketones (excluding diaryl/α,β-unsaturated/α-hetero) is 1. The van der Waals surface area contributed by atoms with Gasteiger partial charge in [-0.2, -0.15) is 5.10 Å². The predicted molar refractivity (Wildman–Crippen MR) is 180 cm³/mol. The second-order valence-electron chi connectivity index (χ2n) is 9.95. The number of ether oxygens (including phenoxy) is 1. The largest absolute Gasteiger partial charge is 0.456 e. The molecule has 1 amide bonds. The number of carbonyl (C=O) groups excluding carboxylic acids is 2. The first-order chi connectivity index (χ1) is 21.6. The van der Waals surface area contributed by atoms with Gasteiger partial charge in [-0.3, -0.25) is 9.59 Å². The summed E-state index contributed by atoms with van der Waals surface area (Å²) in [4.78, 5) is 26.3. The highest BCUT2D eigenvalue weighted by molar-refractivity contribution is 7.93. The molecule has 6 aromatic rings. The molecule has 0 radical (unpaired) electrons. The van der Waals surface area contributed by atoms with Crippen LogP contribution in [-0.2, 0) is 6.42 Å². The normalized spacial score (nSPS) is 10.3. The maximum Gasteiger partial charge on any atom is 0.256 e. The number of ketones is 1. The number of aromatic nitrogens is 2. The van der Waals surface area contributed by atoms with Gasteiger partial charge in [-0.25, -0.2) is 4.68 Å². The number of amides is 1. The van der Waals surface area contributed by atoms with E-state index in [1.165, 1.54) is 0 Å². The smallest absolute Gasteiger partial charge is 0.256 e. The zero-order valence-electron chi connectivity index (χ0n) is 24.5. The molecule has 46 heavy (non-hydrogen) atoms. The quantitative estimate of drug-likeness (QED) is 0.123. The SMILES string of the molecule is O.O.O=C(Cc1ccc(-c2cc(NC(=O)c3ccccc3)n(-c3ccc(Oc4ccccc4)c(SO)c3)n2)cc1)c1ccccc1. The number of carbonyl (C=O) groups is 2. The van der Waals surface area contributed by atoms with Crippen molar-refractivity contribution in [3.8, 4) is 28.4 Å². The molecule has 232 valence electrons. The molecule has 0 aliphatic carbocycles. The summed E-state index contributed by atoms with van der Waals surface area (Å²) < 4.78 is 17.7. The van der Waals surface area contributed by atoms with Gasteiger partial charge in [0, 0.05) is 41.2 Å². The molecule has 0 fully saturated rings. The molecule has 1 heterocycles. The molecule has 10 heteroatoms. The van der Waals surface area contributed by atoms with Crippen LogP contribution in [0.5, 0.6) is 11.5 Å². The van der Waals surface area contributed by atoms with E-state index in [2.05, 4.69) is 5.32 Å². The van der Waals surface area contributed by atoms with Gasteiger partial charge in [-0.15, -0.1) is 0 Å². The number of anilines is 1. The Morgan fingerprint density at radius 3 is 1.98 bits per heavy atom. The Labute approximate surface area is 269 Å². The van der Waals surface area contributed by atoms with Gasteiger partial charge in [0.15, 0.2) is 5.78 Å². The molecule has 0 aliphatic rings. The lowest BCUT2D eigenvalue weighted by Gasteiger charge is -2.13. The molecule has 0 bridgehead atoms. The molecule has 9 nitrogen and oxygen atoms in total. The second kappa shape index (κ2) is 15.5. The Balaban J connectivity index is 0.00000240. The molecule has 6 rings (SSSR count). The lowest BCUT2D eigenvalue weighted by molar-refractivity contribution is 0.0991. The van der Waals surface area contributed by atoms with Gasteiger partial charge in [0.25, 0.3) is 5.91 Å². The Bertz CT molecular complexity index is 1900. The van der Waals surface area contributed by atoms with Crippen LogP contribution in [0.4, 0.5) is 5.82 Å². The van der Waals surface area contributed by atoms with Gasteiger partial charge in [0.1, 0.15) is 17.3 Å². The maximum absolute atomic E-state index is 13.1. The molecule has 0 saturated heterocycles. The van der Waals surface area contributed by atoms with E-state index in [1.807, 2.05) is 97.1 Å². The Kier molecular flexibility index (Phi) is 11.2. The lowest BCUT2D eigenvalue weighted by atomic mass is 10.0. The number of hydrogen-bond donors (Lipinski definition) is 2. The fourth-order valence-corrected chi connectivity index (χ4v) is 5.06. The molecule has 0 spiro atoms. The van der Waals surface area contributed by atoms with Gasteiger partial charge in [0.05, 0.1) is 16.3 Å². The van der Waals surface area contributed by atoms with Crippen LogP contribution in [0, 0.1) is 0 Å². The molecule has 1 aromatic heterocycles. The first kappa shape index (κ1) is 33.4. The van der Waals surface area contributed by atoms with E-state index in [1.54, 1.807) is 47.1 Å². The number of rotatable bonds is 10. The zero-order valence-corrected chi connectivity index (χ0v) is 25.3. The molecule has 0 saturated carbocycles. The van der Waals surface area contributed by atoms with Crippen LogP contribution in [0.1, 0.15) is 26.3 Å². The average molecular weight is 634 g/mol. The van der Waals surface area contributed by atoms with Crippen molar-refractivity contribution in [2.24, 2.45) is 0 Å². The van der Waals surface area contributed by atoms with E-state index >= 15 is 0 Å². The standard InChI is InChI=1S/C36H27N3O4S.2H2O/c40-32(27-10-4-1-5-11-27)22-25-16-18-26(19-17-25)31-24-35(37-36(41)28-12-6-2-7-13-28)39(38-31)29-20-21-33(34(23-29)44-42)43-30-14-8-3-9-15-30;;/h1-21,23-24,42H,22H2,(H,37,41);2*1H2. The average Bonchev–Trinajstić information content (AvgIpc) is 3.50. The summed E-state index contributed by atoms with van der Waals surface area (Å²) in [6.07, 6.45) is 0.288.